The Morgan fingerprint density at radius 1 is 1.26 bits per heavy atom. The fourth-order valence-electron chi connectivity index (χ4n) is 1.63. The van der Waals surface area contributed by atoms with Gasteiger partial charge in [0, 0.05) is 13.7 Å². The second kappa shape index (κ2) is 9.78. The van der Waals surface area contributed by atoms with E-state index in [1.54, 1.807) is 19.2 Å². The number of unbranched alkanes of at least 4 members (excludes halogenated alkanes) is 2. The molecule has 0 bridgehead atoms. The number of benzene rings is 1. The predicted molar refractivity (Wildman–Crippen MR) is 78.7 cm³/mol. The summed E-state index contributed by atoms with van der Waals surface area (Å²) in [4.78, 5) is 11.6. The Hall–Kier alpha value is -1.10. The van der Waals surface area contributed by atoms with Crippen LogP contribution in [-0.4, -0.2) is 32.7 Å². The Morgan fingerprint density at radius 3 is 2.79 bits per heavy atom. The Morgan fingerprint density at radius 2 is 2.05 bits per heavy atom. The van der Waals surface area contributed by atoms with Crippen molar-refractivity contribution in [2.75, 3.05) is 32.1 Å². The van der Waals surface area contributed by atoms with E-state index in [1.807, 2.05) is 12.1 Å². The quantitative estimate of drug-likeness (QED) is 0.686. The van der Waals surface area contributed by atoms with E-state index in [4.69, 9.17) is 16.3 Å². The summed E-state index contributed by atoms with van der Waals surface area (Å²) in [5.41, 5.74) is 0.649. The van der Waals surface area contributed by atoms with Crippen molar-refractivity contribution in [1.29, 1.82) is 0 Å². The van der Waals surface area contributed by atoms with Crippen molar-refractivity contribution in [3.63, 3.8) is 0 Å². The van der Waals surface area contributed by atoms with Crippen LogP contribution in [0.5, 0.6) is 0 Å². The number of carbonyl (C=O) groups excluding carboxylic acids is 1. The van der Waals surface area contributed by atoms with Crippen LogP contribution in [0.2, 0.25) is 5.02 Å². The molecule has 1 aromatic rings. The smallest absolute Gasteiger partial charge is 0.238 e. The highest BCUT2D eigenvalue weighted by Gasteiger charge is 2.04. The number of nitrogens with one attached hydrogen (secondary N) is 2. The zero-order valence-electron chi connectivity index (χ0n) is 11.2. The van der Waals surface area contributed by atoms with Crippen LogP contribution in [0.15, 0.2) is 24.3 Å². The summed E-state index contributed by atoms with van der Waals surface area (Å²) in [6.45, 7) is 1.93. The van der Waals surface area contributed by atoms with E-state index in [1.165, 1.54) is 0 Å². The average molecular weight is 285 g/mol. The topological polar surface area (TPSA) is 50.4 Å². The molecule has 0 unspecified atom stereocenters. The number of halogens is 1. The lowest BCUT2D eigenvalue weighted by Crippen LogP contribution is -2.28. The summed E-state index contributed by atoms with van der Waals surface area (Å²) in [7, 11) is 1.71. The molecule has 0 heterocycles. The van der Waals surface area contributed by atoms with Gasteiger partial charge in [-0.15, -0.1) is 0 Å². The molecule has 0 aromatic heterocycles. The number of amides is 1. The van der Waals surface area contributed by atoms with Crippen LogP contribution in [0, 0.1) is 0 Å². The van der Waals surface area contributed by atoms with E-state index in [0.29, 0.717) is 17.3 Å². The van der Waals surface area contributed by atoms with Crippen molar-refractivity contribution in [3.8, 4) is 0 Å². The molecule has 0 fully saturated rings. The van der Waals surface area contributed by atoms with Crippen molar-refractivity contribution in [2.45, 2.75) is 19.3 Å². The van der Waals surface area contributed by atoms with Crippen molar-refractivity contribution in [1.82, 2.24) is 5.32 Å². The van der Waals surface area contributed by atoms with Gasteiger partial charge in [-0.25, -0.2) is 0 Å². The number of hydrogen-bond donors (Lipinski definition) is 2. The molecule has 106 valence electrons. The number of anilines is 1. The van der Waals surface area contributed by atoms with Gasteiger partial charge in [0.1, 0.15) is 0 Å². The normalized spacial score (nSPS) is 10.4. The number of rotatable bonds is 9. The second-order valence-electron chi connectivity index (χ2n) is 4.26. The van der Waals surface area contributed by atoms with Gasteiger partial charge in [0.25, 0.3) is 0 Å². The molecule has 5 heteroatoms. The van der Waals surface area contributed by atoms with Gasteiger partial charge in [-0.3, -0.25) is 4.79 Å². The summed E-state index contributed by atoms with van der Waals surface area (Å²) < 4.78 is 4.97. The molecule has 4 nitrogen and oxygen atoms in total. The highest BCUT2D eigenvalue weighted by atomic mass is 35.5. The monoisotopic (exact) mass is 284 g/mol. The maximum absolute atomic E-state index is 11.6. The minimum Gasteiger partial charge on any atom is -0.385 e. The molecule has 0 aliphatic carbocycles. The van der Waals surface area contributed by atoms with Crippen molar-refractivity contribution >= 4 is 23.2 Å². The van der Waals surface area contributed by atoms with E-state index in [9.17, 15) is 4.79 Å². The van der Waals surface area contributed by atoms with Gasteiger partial charge in [0.05, 0.1) is 17.3 Å². The van der Waals surface area contributed by atoms with Crippen molar-refractivity contribution in [3.05, 3.63) is 29.3 Å². The summed E-state index contributed by atoms with van der Waals surface area (Å²) in [6.07, 6.45) is 3.21. The molecular formula is C14H21ClN2O2. The summed E-state index contributed by atoms with van der Waals surface area (Å²) in [5.74, 6) is -0.0787. The van der Waals surface area contributed by atoms with Crippen molar-refractivity contribution < 1.29 is 9.53 Å². The summed E-state index contributed by atoms with van der Waals surface area (Å²) in [5, 5.41) is 6.43. The number of methoxy groups -OCH3 is 1. The van der Waals surface area contributed by atoms with Crippen LogP contribution in [0.1, 0.15) is 19.3 Å². The largest absolute Gasteiger partial charge is 0.385 e. The maximum Gasteiger partial charge on any atom is 0.238 e. The van der Waals surface area contributed by atoms with Crippen LogP contribution >= 0.6 is 11.6 Å². The predicted octanol–water partition coefficient (Wildman–Crippen LogP) is 2.68. The van der Waals surface area contributed by atoms with Gasteiger partial charge in [-0.05, 0) is 37.9 Å². The van der Waals surface area contributed by atoms with Gasteiger partial charge < -0.3 is 15.4 Å². The van der Waals surface area contributed by atoms with Crippen LogP contribution in [0.3, 0.4) is 0 Å². The van der Waals surface area contributed by atoms with E-state index < -0.39 is 0 Å². The highest BCUT2D eigenvalue weighted by Crippen LogP contribution is 2.19. The molecule has 0 aliphatic rings. The molecule has 0 aliphatic heterocycles. The van der Waals surface area contributed by atoms with Crippen LogP contribution < -0.4 is 10.6 Å². The molecule has 2 N–H and O–H groups in total. The SMILES string of the molecule is COCCCCCNCC(=O)Nc1ccccc1Cl. The minimum absolute atomic E-state index is 0.0787. The van der Waals surface area contributed by atoms with E-state index in [2.05, 4.69) is 10.6 Å². The minimum atomic E-state index is -0.0787. The van der Waals surface area contributed by atoms with Crippen molar-refractivity contribution in [2.24, 2.45) is 0 Å². The zero-order chi connectivity index (χ0) is 13.9. The second-order valence-corrected chi connectivity index (χ2v) is 4.67. The maximum atomic E-state index is 11.6. The van der Waals surface area contributed by atoms with E-state index >= 15 is 0 Å². The third kappa shape index (κ3) is 7.15. The average Bonchev–Trinajstić information content (AvgIpc) is 2.40. The van der Waals surface area contributed by atoms with Gasteiger partial charge in [-0.2, -0.15) is 0 Å². The van der Waals surface area contributed by atoms with Gasteiger partial charge in [-0.1, -0.05) is 23.7 Å². The summed E-state index contributed by atoms with van der Waals surface area (Å²) in [6, 6.07) is 7.20. The number of para-hydroxylation sites is 1. The fourth-order valence-corrected chi connectivity index (χ4v) is 1.82. The Kier molecular flexibility index (Phi) is 8.21. The van der Waals surface area contributed by atoms with Crippen LogP contribution in [0.4, 0.5) is 5.69 Å². The number of ether oxygens (including phenoxy) is 1. The fraction of sp³-hybridized carbons (Fsp3) is 0.500. The first-order chi connectivity index (χ1) is 9.24. The number of carbonyl (C=O) groups is 1. The molecule has 1 amide bonds. The van der Waals surface area contributed by atoms with Gasteiger partial charge in [0.2, 0.25) is 5.91 Å². The Bertz CT molecular complexity index is 385. The first-order valence-corrected chi connectivity index (χ1v) is 6.86. The van der Waals surface area contributed by atoms with Gasteiger partial charge in [0.15, 0.2) is 0 Å². The molecule has 1 rings (SSSR count). The standard InChI is InChI=1S/C14H21ClN2O2/c1-19-10-6-2-5-9-16-11-14(18)17-13-8-4-3-7-12(13)15/h3-4,7-8,16H,2,5-6,9-11H2,1H3,(H,17,18). The van der Waals surface area contributed by atoms with E-state index in [0.717, 1.165) is 32.4 Å². The molecule has 1 aromatic carbocycles. The molecule has 0 saturated heterocycles. The summed E-state index contributed by atoms with van der Waals surface area (Å²) >= 11 is 5.95. The molecule has 0 saturated carbocycles. The molecule has 0 atom stereocenters. The van der Waals surface area contributed by atoms with E-state index in [-0.39, 0.29) is 5.91 Å². The lowest BCUT2D eigenvalue weighted by Gasteiger charge is -2.08. The lowest BCUT2D eigenvalue weighted by molar-refractivity contribution is -0.115. The third-order valence-electron chi connectivity index (χ3n) is 2.64. The third-order valence-corrected chi connectivity index (χ3v) is 2.97. The first kappa shape index (κ1) is 16.0. The molecule has 0 spiro atoms. The molecule has 0 radical (unpaired) electrons. The van der Waals surface area contributed by atoms with Gasteiger partial charge >= 0.3 is 0 Å². The Labute approximate surface area is 119 Å². The van der Waals surface area contributed by atoms with Crippen LogP contribution in [-0.2, 0) is 9.53 Å². The Balaban J connectivity index is 2.10. The number of hydrogen-bond acceptors (Lipinski definition) is 3. The zero-order valence-corrected chi connectivity index (χ0v) is 12.0. The molecule has 19 heavy (non-hydrogen) atoms. The first-order valence-electron chi connectivity index (χ1n) is 6.48. The lowest BCUT2D eigenvalue weighted by atomic mass is 10.2. The molecular weight excluding hydrogens is 264 g/mol. The highest BCUT2D eigenvalue weighted by molar-refractivity contribution is 6.33. The van der Waals surface area contributed by atoms with Crippen LogP contribution in [0.25, 0.3) is 0 Å².